The Labute approximate surface area is 238 Å². The van der Waals surface area contributed by atoms with Crippen LogP contribution in [0.15, 0.2) is 60.7 Å². The molecular formula is C30H26F4N4O4. The van der Waals surface area contributed by atoms with Crippen molar-refractivity contribution in [2.24, 2.45) is 0 Å². The minimum absolute atomic E-state index is 0.0118. The molecule has 12 heteroatoms. The monoisotopic (exact) mass is 582 g/mol. The maximum atomic E-state index is 14.3. The van der Waals surface area contributed by atoms with E-state index in [1.807, 2.05) is 0 Å². The van der Waals surface area contributed by atoms with E-state index in [-0.39, 0.29) is 43.8 Å². The Morgan fingerprint density at radius 2 is 1.64 bits per heavy atom. The first-order chi connectivity index (χ1) is 20.0. The molecule has 4 amide bonds. The van der Waals surface area contributed by atoms with Crippen LogP contribution in [0.25, 0.3) is 0 Å². The molecule has 3 aromatic rings. The molecule has 218 valence electrons. The summed E-state index contributed by atoms with van der Waals surface area (Å²) in [6, 6.07) is 11.1. The van der Waals surface area contributed by atoms with Gasteiger partial charge >= 0.3 is 6.03 Å². The van der Waals surface area contributed by atoms with Gasteiger partial charge in [-0.2, -0.15) is 0 Å². The predicted octanol–water partition coefficient (Wildman–Crippen LogP) is 4.66. The van der Waals surface area contributed by atoms with Crippen LogP contribution in [-0.2, 0) is 16.0 Å². The number of piperazine rings is 1. The van der Waals surface area contributed by atoms with Gasteiger partial charge < -0.3 is 20.0 Å². The van der Waals surface area contributed by atoms with Crippen LogP contribution < -0.4 is 5.32 Å². The van der Waals surface area contributed by atoms with Crippen molar-refractivity contribution in [3.05, 3.63) is 101 Å². The Morgan fingerprint density at radius 3 is 2.29 bits per heavy atom. The highest BCUT2D eigenvalue weighted by atomic mass is 19.2. The number of urea groups is 1. The number of carbonyl (C=O) groups is 4. The molecular weight excluding hydrogens is 556 g/mol. The van der Waals surface area contributed by atoms with Crippen molar-refractivity contribution < 1.29 is 36.7 Å². The van der Waals surface area contributed by atoms with Crippen molar-refractivity contribution in [1.29, 1.82) is 0 Å². The first kappa shape index (κ1) is 28.8. The van der Waals surface area contributed by atoms with E-state index < -0.39 is 53.3 Å². The van der Waals surface area contributed by atoms with Crippen LogP contribution in [0.1, 0.15) is 40.9 Å². The highest BCUT2D eigenvalue weighted by Crippen LogP contribution is 2.36. The Balaban J connectivity index is 1.48. The molecule has 2 heterocycles. The van der Waals surface area contributed by atoms with Crippen molar-refractivity contribution in [3.63, 3.8) is 0 Å². The number of hydrogen-bond acceptors (Lipinski definition) is 4. The SMILES string of the molecule is CC(=O)c1ccc(NC(=O)N2CCC(=O)N3C(c4cc(F)c(F)c(F)c4)C(=O)N(CCc4cccc(F)c4)CC23)cc1. The number of hydrogen-bond donors (Lipinski definition) is 1. The van der Waals surface area contributed by atoms with Gasteiger partial charge in [0, 0.05) is 30.8 Å². The van der Waals surface area contributed by atoms with E-state index in [2.05, 4.69) is 5.32 Å². The van der Waals surface area contributed by atoms with Crippen molar-refractivity contribution >= 4 is 29.3 Å². The van der Waals surface area contributed by atoms with Crippen molar-refractivity contribution in [3.8, 4) is 0 Å². The van der Waals surface area contributed by atoms with Gasteiger partial charge in [0.15, 0.2) is 23.2 Å². The summed E-state index contributed by atoms with van der Waals surface area (Å²) in [5.74, 6) is -6.59. The minimum Gasteiger partial charge on any atom is -0.336 e. The minimum atomic E-state index is -1.72. The molecule has 2 aliphatic heterocycles. The Bertz CT molecular complexity index is 1540. The first-order valence-electron chi connectivity index (χ1n) is 13.2. The third kappa shape index (κ3) is 5.69. The molecule has 2 aliphatic rings. The van der Waals surface area contributed by atoms with Gasteiger partial charge in [-0.1, -0.05) is 12.1 Å². The van der Waals surface area contributed by atoms with Crippen molar-refractivity contribution in [2.45, 2.75) is 32.0 Å². The largest absolute Gasteiger partial charge is 0.336 e. The number of benzene rings is 3. The molecule has 1 N–H and O–H groups in total. The molecule has 0 spiro atoms. The number of fused-ring (bicyclic) bond motifs is 1. The molecule has 3 aromatic carbocycles. The van der Waals surface area contributed by atoms with Crippen LogP contribution in [0.3, 0.4) is 0 Å². The molecule has 5 rings (SSSR count). The van der Waals surface area contributed by atoms with Gasteiger partial charge in [-0.3, -0.25) is 14.4 Å². The number of ketones is 1. The van der Waals surface area contributed by atoms with Crippen molar-refractivity contribution in [2.75, 3.05) is 25.0 Å². The third-order valence-electron chi connectivity index (χ3n) is 7.43. The molecule has 0 saturated carbocycles. The normalized spacial score (nSPS) is 18.6. The van der Waals surface area contributed by atoms with E-state index in [0.29, 0.717) is 28.9 Å². The van der Waals surface area contributed by atoms with Crippen LogP contribution in [-0.4, -0.2) is 64.1 Å². The van der Waals surface area contributed by atoms with Gasteiger partial charge in [0.1, 0.15) is 18.0 Å². The van der Waals surface area contributed by atoms with Gasteiger partial charge in [0.25, 0.3) is 0 Å². The summed E-state index contributed by atoms with van der Waals surface area (Å²) in [6.07, 6.45) is -0.987. The lowest BCUT2D eigenvalue weighted by atomic mass is 9.96. The quantitative estimate of drug-likeness (QED) is 0.260. The zero-order chi connectivity index (χ0) is 30.1. The molecule has 0 aliphatic carbocycles. The van der Waals surface area contributed by atoms with E-state index >= 15 is 0 Å². The zero-order valence-electron chi connectivity index (χ0n) is 22.5. The van der Waals surface area contributed by atoms with Crippen LogP contribution in [0.4, 0.5) is 28.0 Å². The maximum Gasteiger partial charge on any atom is 0.323 e. The summed E-state index contributed by atoms with van der Waals surface area (Å²) in [4.78, 5) is 55.8. The van der Waals surface area contributed by atoms with Gasteiger partial charge in [-0.15, -0.1) is 0 Å². The third-order valence-corrected chi connectivity index (χ3v) is 7.43. The molecule has 2 atom stereocenters. The first-order valence-corrected chi connectivity index (χ1v) is 13.2. The zero-order valence-corrected chi connectivity index (χ0v) is 22.5. The summed E-state index contributed by atoms with van der Waals surface area (Å²) < 4.78 is 56.2. The fourth-order valence-corrected chi connectivity index (χ4v) is 5.31. The van der Waals surface area contributed by atoms with E-state index in [9.17, 15) is 36.7 Å². The highest BCUT2D eigenvalue weighted by molar-refractivity contribution is 5.96. The molecule has 2 unspecified atom stereocenters. The predicted molar refractivity (Wildman–Crippen MR) is 143 cm³/mol. The lowest BCUT2D eigenvalue weighted by Gasteiger charge is -2.52. The maximum absolute atomic E-state index is 14.3. The lowest BCUT2D eigenvalue weighted by Crippen LogP contribution is -2.69. The lowest BCUT2D eigenvalue weighted by molar-refractivity contribution is -0.167. The topological polar surface area (TPSA) is 90.0 Å². The average molecular weight is 583 g/mol. The van der Waals surface area contributed by atoms with Gasteiger partial charge in [0.05, 0.1) is 6.54 Å². The van der Waals surface area contributed by atoms with Crippen LogP contribution in [0.2, 0.25) is 0 Å². The fourth-order valence-electron chi connectivity index (χ4n) is 5.31. The second-order valence-corrected chi connectivity index (χ2v) is 10.2. The average Bonchev–Trinajstić information content (AvgIpc) is 2.95. The summed E-state index contributed by atoms with van der Waals surface area (Å²) in [6.45, 7) is 1.32. The number of nitrogens with one attached hydrogen (secondary N) is 1. The van der Waals surface area contributed by atoms with Crippen molar-refractivity contribution in [1.82, 2.24) is 14.7 Å². The number of amides is 4. The molecule has 0 radical (unpaired) electrons. The number of Topliss-reactive ketones (excluding diaryl/α,β-unsaturated/α-hetero) is 1. The van der Waals surface area contributed by atoms with Gasteiger partial charge in [0.2, 0.25) is 11.8 Å². The van der Waals surface area contributed by atoms with Crippen LogP contribution in [0, 0.1) is 23.3 Å². The number of nitrogens with zero attached hydrogens (tertiary/aromatic N) is 3. The second-order valence-electron chi connectivity index (χ2n) is 10.2. The summed E-state index contributed by atoms with van der Waals surface area (Å²) in [5, 5.41) is 2.72. The molecule has 8 nitrogen and oxygen atoms in total. The van der Waals surface area contributed by atoms with E-state index in [1.54, 1.807) is 30.3 Å². The summed E-state index contributed by atoms with van der Waals surface area (Å²) >= 11 is 0. The second kappa shape index (κ2) is 11.6. The van der Waals surface area contributed by atoms with Gasteiger partial charge in [-0.05, 0) is 73.0 Å². The summed E-state index contributed by atoms with van der Waals surface area (Å²) in [5.41, 5.74) is 1.13. The Kier molecular flexibility index (Phi) is 7.97. The molecule has 0 bridgehead atoms. The summed E-state index contributed by atoms with van der Waals surface area (Å²) in [7, 11) is 0. The Hall–Kier alpha value is -4.74. The van der Waals surface area contributed by atoms with E-state index in [1.165, 1.54) is 34.9 Å². The number of anilines is 1. The standard InChI is InChI=1S/C30H26F4N4O4/c1-17(39)19-5-7-22(8-6-19)35-30(42)37-12-10-26(40)38-25(37)16-36(11-9-18-3-2-4-21(31)13-18)29(41)28(38)20-14-23(32)27(34)24(33)15-20/h2-8,13-15,25,28H,9-12,16H2,1H3,(H,35,42). The highest BCUT2D eigenvalue weighted by Gasteiger charge is 2.49. The smallest absolute Gasteiger partial charge is 0.323 e. The fraction of sp³-hybridized carbons (Fsp3) is 0.267. The molecule has 2 saturated heterocycles. The molecule has 2 fully saturated rings. The number of rotatable bonds is 6. The van der Waals surface area contributed by atoms with Gasteiger partial charge in [-0.25, -0.2) is 22.4 Å². The van der Waals surface area contributed by atoms with Crippen LogP contribution >= 0.6 is 0 Å². The van der Waals surface area contributed by atoms with E-state index in [0.717, 1.165) is 4.90 Å². The number of carbonyl (C=O) groups excluding carboxylic acids is 4. The Morgan fingerprint density at radius 1 is 0.952 bits per heavy atom. The molecule has 42 heavy (non-hydrogen) atoms. The van der Waals surface area contributed by atoms with Crippen LogP contribution in [0.5, 0.6) is 0 Å². The number of halogens is 4. The van der Waals surface area contributed by atoms with E-state index in [4.69, 9.17) is 0 Å². The molecule has 0 aromatic heterocycles.